The van der Waals surface area contributed by atoms with Crippen molar-refractivity contribution in [2.24, 2.45) is 0 Å². The van der Waals surface area contributed by atoms with Crippen LogP contribution in [0.2, 0.25) is 0 Å². The Bertz CT molecular complexity index is 244. The molecule has 1 aliphatic rings. The number of aromatic nitrogens is 3. The molecule has 1 aliphatic heterocycles. The van der Waals surface area contributed by atoms with Crippen molar-refractivity contribution in [2.45, 2.75) is 13.1 Å². The number of nitrogens with one attached hydrogen (secondary N) is 1. The molecule has 1 N–H and O–H groups in total. The highest BCUT2D eigenvalue weighted by Gasteiger charge is 2.12. The van der Waals surface area contributed by atoms with Gasteiger partial charge in [-0.15, -0.1) is 5.10 Å². The van der Waals surface area contributed by atoms with E-state index < -0.39 is 0 Å². The Morgan fingerprint density at radius 1 is 1.60 bits per heavy atom. The lowest BCUT2D eigenvalue weighted by Gasteiger charge is -2.12. The normalized spacial score (nSPS) is 16.9. The largest absolute Gasteiger partial charge is 0.309 e. The average Bonchev–Trinajstić information content (AvgIpc) is 2.34. The molecule has 54 valence electrons. The molecule has 0 spiro atoms. The molecule has 0 aliphatic carbocycles. The van der Waals surface area contributed by atoms with E-state index in [4.69, 9.17) is 0 Å². The molecule has 0 aromatic carbocycles. The third-order valence-corrected chi connectivity index (χ3v) is 2.42. The molecule has 2 rings (SSSR count). The van der Waals surface area contributed by atoms with E-state index in [-0.39, 0.29) is 0 Å². The fourth-order valence-electron chi connectivity index (χ4n) is 1.05. The van der Waals surface area contributed by atoms with Gasteiger partial charge >= 0.3 is 0 Å². The highest BCUT2D eigenvalue weighted by molar-refractivity contribution is 14.1. The summed E-state index contributed by atoms with van der Waals surface area (Å²) in [5.74, 6) is 0. The third kappa shape index (κ3) is 0.929. The van der Waals surface area contributed by atoms with Gasteiger partial charge in [-0.3, -0.25) is 0 Å². The summed E-state index contributed by atoms with van der Waals surface area (Å²) in [6, 6.07) is 0. The highest BCUT2D eigenvalue weighted by atomic mass is 127. The molecule has 0 fully saturated rings. The van der Waals surface area contributed by atoms with Crippen LogP contribution < -0.4 is 5.32 Å². The number of nitrogens with zero attached hydrogens (tertiary/aromatic N) is 3. The minimum Gasteiger partial charge on any atom is -0.309 e. The summed E-state index contributed by atoms with van der Waals surface area (Å²) in [5.41, 5.74) is 1.21. The number of hydrogen-bond acceptors (Lipinski definition) is 3. The Kier molecular flexibility index (Phi) is 1.61. The van der Waals surface area contributed by atoms with Crippen LogP contribution in [0.5, 0.6) is 0 Å². The van der Waals surface area contributed by atoms with Gasteiger partial charge in [0.1, 0.15) is 3.70 Å². The average molecular weight is 250 g/mol. The number of rotatable bonds is 0. The van der Waals surface area contributed by atoms with E-state index in [1.165, 1.54) is 5.69 Å². The van der Waals surface area contributed by atoms with Crippen molar-refractivity contribution in [3.8, 4) is 0 Å². The maximum Gasteiger partial charge on any atom is 0.148 e. The van der Waals surface area contributed by atoms with E-state index in [1.807, 2.05) is 4.68 Å². The van der Waals surface area contributed by atoms with Crippen LogP contribution >= 0.6 is 22.6 Å². The first-order valence-electron chi connectivity index (χ1n) is 3.16. The SMILES string of the molecule is Ic1nnn2c1CNCC2. The third-order valence-electron chi connectivity index (χ3n) is 1.58. The lowest BCUT2D eigenvalue weighted by molar-refractivity contribution is 0.467. The quantitative estimate of drug-likeness (QED) is 0.658. The number of halogens is 1. The molecule has 0 amide bonds. The molecule has 2 heterocycles. The predicted octanol–water partition coefficient (Wildman–Crippen LogP) is -0.0141. The van der Waals surface area contributed by atoms with Crippen LogP contribution in [0.4, 0.5) is 0 Å². The van der Waals surface area contributed by atoms with Crippen LogP contribution in [0.15, 0.2) is 0 Å². The van der Waals surface area contributed by atoms with Gasteiger partial charge < -0.3 is 5.32 Å². The van der Waals surface area contributed by atoms with Gasteiger partial charge in [0.25, 0.3) is 0 Å². The maximum atomic E-state index is 3.98. The van der Waals surface area contributed by atoms with Crippen molar-refractivity contribution < 1.29 is 0 Å². The molecule has 0 bridgehead atoms. The van der Waals surface area contributed by atoms with Gasteiger partial charge in [-0.05, 0) is 22.6 Å². The van der Waals surface area contributed by atoms with Crippen molar-refractivity contribution in [1.29, 1.82) is 0 Å². The second kappa shape index (κ2) is 2.46. The van der Waals surface area contributed by atoms with Gasteiger partial charge in [0.15, 0.2) is 0 Å². The fourth-order valence-corrected chi connectivity index (χ4v) is 1.61. The van der Waals surface area contributed by atoms with Crippen LogP contribution in [0, 0.1) is 3.70 Å². The van der Waals surface area contributed by atoms with E-state index >= 15 is 0 Å². The van der Waals surface area contributed by atoms with E-state index in [9.17, 15) is 0 Å². The van der Waals surface area contributed by atoms with Crippen molar-refractivity contribution in [1.82, 2.24) is 20.3 Å². The topological polar surface area (TPSA) is 42.7 Å². The zero-order valence-electron chi connectivity index (χ0n) is 5.34. The molecule has 1 aromatic heterocycles. The van der Waals surface area contributed by atoms with Gasteiger partial charge in [0, 0.05) is 13.1 Å². The Morgan fingerprint density at radius 3 is 3.30 bits per heavy atom. The van der Waals surface area contributed by atoms with Crippen LogP contribution in [0.3, 0.4) is 0 Å². The summed E-state index contributed by atoms with van der Waals surface area (Å²) >= 11 is 2.20. The molecule has 4 nitrogen and oxygen atoms in total. The molecule has 0 unspecified atom stereocenters. The van der Waals surface area contributed by atoms with Gasteiger partial charge in [-0.25, -0.2) is 4.68 Å². The molecule has 1 aromatic rings. The van der Waals surface area contributed by atoms with Crippen molar-refractivity contribution in [3.63, 3.8) is 0 Å². The molecular weight excluding hydrogens is 243 g/mol. The van der Waals surface area contributed by atoms with E-state index in [1.54, 1.807) is 0 Å². The molecule has 0 saturated heterocycles. The predicted molar refractivity (Wildman–Crippen MR) is 44.4 cm³/mol. The van der Waals surface area contributed by atoms with Crippen molar-refractivity contribution >= 4 is 22.6 Å². The molecule has 0 saturated carbocycles. The first-order chi connectivity index (χ1) is 4.88. The van der Waals surface area contributed by atoms with Gasteiger partial charge in [0.05, 0.1) is 12.2 Å². The standard InChI is InChI=1S/C5H7IN4/c6-5-4-3-7-1-2-10(4)9-8-5/h7H,1-3H2. The summed E-state index contributed by atoms with van der Waals surface area (Å²) in [6.07, 6.45) is 0. The van der Waals surface area contributed by atoms with E-state index in [0.717, 1.165) is 23.3 Å². The molecular formula is C5H7IN4. The molecule has 10 heavy (non-hydrogen) atoms. The second-order valence-electron chi connectivity index (χ2n) is 2.23. The summed E-state index contributed by atoms with van der Waals surface area (Å²) in [6.45, 7) is 2.86. The van der Waals surface area contributed by atoms with E-state index in [0.29, 0.717) is 0 Å². The summed E-state index contributed by atoms with van der Waals surface area (Å²) in [4.78, 5) is 0. The summed E-state index contributed by atoms with van der Waals surface area (Å²) < 4.78 is 2.97. The summed E-state index contributed by atoms with van der Waals surface area (Å²) in [7, 11) is 0. The Balaban J connectivity index is 2.45. The Hall–Kier alpha value is -0.170. The number of hydrogen-bond donors (Lipinski definition) is 1. The van der Waals surface area contributed by atoms with Gasteiger partial charge in [0.2, 0.25) is 0 Å². The summed E-state index contributed by atoms with van der Waals surface area (Å²) in [5, 5.41) is 11.2. The lowest BCUT2D eigenvalue weighted by atomic mass is 10.4. The van der Waals surface area contributed by atoms with Crippen LogP contribution in [0.1, 0.15) is 5.69 Å². The Labute approximate surface area is 72.1 Å². The van der Waals surface area contributed by atoms with Gasteiger partial charge in [-0.1, -0.05) is 5.21 Å². The monoisotopic (exact) mass is 250 g/mol. The highest BCUT2D eigenvalue weighted by Crippen LogP contribution is 2.09. The van der Waals surface area contributed by atoms with Gasteiger partial charge in [-0.2, -0.15) is 0 Å². The molecule has 5 heteroatoms. The second-order valence-corrected chi connectivity index (χ2v) is 3.25. The smallest absolute Gasteiger partial charge is 0.148 e. The minimum atomic E-state index is 0.908. The molecule has 0 radical (unpaired) electrons. The zero-order chi connectivity index (χ0) is 6.97. The van der Waals surface area contributed by atoms with Crippen LogP contribution in [-0.2, 0) is 13.1 Å². The fraction of sp³-hybridized carbons (Fsp3) is 0.600. The maximum absolute atomic E-state index is 3.98. The minimum absolute atomic E-state index is 0.908. The van der Waals surface area contributed by atoms with Crippen molar-refractivity contribution in [3.05, 3.63) is 9.39 Å². The Morgan fingerprint density at radius 2 is 2.50 bits per heavy atom. The van der Waals surface area contributed by atoms with E-state index in [2.05, 4.69) is 38.2 Å². The van der Waals surface area contributed by atoms with Crippen LogP contribution in [-0.4, -0.2) is 21.5 Å². The first kappa shape index (κ1) is 6.53. The zero-order valence-corrected chi connectivity index (χ0v) is 7.50. The first-order valence-corrected chi connectivity index (χ1v) is 4.24. The number of fused-ring (bicyclic) bond motifs is 1. The lowest BCUT2D eigenvalue weighted by Crippen LogP contribution is -2.28. The molecule has 0 atom stereocenters. The van der Waals surface area contributed by atoms with Crippen LogP contribution in [0.25, 0.3) is 0 Å². The van der Waals surface area contributed by atoms with Crippen molar-refractivity contribution in [2.75, 3.05) is 6.54 Å².